The molecule has 0 unspecified atom stereocenters. The molecule has 0 radical (unpaired) electrons. The average molecular weight is 268 g/mol. The molecule has 1 saturated heterocycles. The summed E-state index contributed by atoms with van der Waals surface area (Å²) in [7, 11) is 0. The molecule has 0 bridgehead atoms. The van der Waals surface area contributed by atoms with Crippen LogP contribution in [0.25, 0.3) is 0 Å². The molecular formula is C14H22ClN3. The number of nitrogens with two attached hydrogens (primary N) is 1. The van der Waals surface area contributed by atoms with Crippen molar-refractivity contribution in [1.82, 2.24) is 4.98 Å². The zero-order valence-corrected chi connectivity index (χ0v) is 12.0. The van der Waals surface area contributed by atoms with Gasteiger partial charge in [0.05, 0.1) is 5.02 Å². The first-order valence-electron chi connectivity index (χ1n) is 6.71. The first-order chi connectivity index (χ1) is 8.61. The maximum absolute atomic E-state index is 6.28. The number of pyridine rings is 1. The first kappa shape index (κ1) is 13.6. The number of aromatic nitrogens is 1. The van der Waals surface area contributed by atoms with Crippen LogP contribution in [0.3, 0.4) is 0 Å². The maximum Gasteiger partial charge on any atom is 0.147 e. The van der Waals surface area contributed by atoms with E-state index in [0.717, 1.165) is 41.3 Å². The Morgan fingerprint density at radius 3 is 2.61 bits per heavy atom. The van der Waals surface area contributed by atoms with Crippen LogP contribution in [0, 0.1) is 11.8 Å². The lowest BCUT2D eigenvalue weighted by molar-refractivity contribution is 0.310. The second-order valence-electron chi connectivity index (χ2n) is 5.42. The lowest BCUT2D eigenvalue weighted by Gasteiger charge is -2.35. The van der Waals surface area contributed by atoms with Gasteiger partial charge in [0.15, 0.2) is 0 Å². The van der Waals surface area contributed by atoms with E-state index in [4.69, 9.17) is 17.3 Å². The normalized spacial score (nSPS) is 17.5. The fraction of sp³-hybridized carbons (Fsp3) is 0.643. The zero-order chi connectivity index (χ0) is 13.1. The molecule has 1 aromatic rings. The number of hydrogen-bond donors (Lipinski definition) is 1. The standard InChI is InChI=1S/C14H22ClN3/c1-10(2)12-3-5-18(6-4-12)14-13(15)7-11(8-16)9-17-14/h7,9-10,12H,3-6,8,16H2,1-2H3. The van der Waals surface area contributed by atoms with Crippen LogP contribution in [0.1, 0.15) is 32.3 Å². The minimum atomic E-state index is 0.489. The van der Waals surface area contributed by atoms with E-state index in [9.17, 15) is 0 Å². The van der Waals surface area contributed by atoms with Gasteiger partial charge in [0.1, 0.15) is 5.82 Å². The number of anilines is 1. The molecule has 1 aromatic heterocycles. The van der Waals surface area contributed by atoms with Crippen molar-refractivity contribution in [2.45, 2.75) is 33.2 Å². The topological polar surface area (TPSA) is 42.2 Å². The summed E-state index contributed by atoms with van der Waals surface area (Å²) < 4.78 is 0. The van der Waals surface area contributed by atoms with Gasteiger partial charge < -0.3 is 10.6 Å². The van der Waals surface area contributed by atoms with E-state index in [0.29, 0.717) is 6.54 Å². The average Bonchev–Trinajstić information content (AvgIpc) is 2.38. The summed E-state index contributed by atoms with van der Waals surface area (Å²) in [6, 6.07) is 1.93. The van der Waals surface area contributed by atoms with Gasteiger partial charge in [-0.15, -0.1) is 0 Å². The highest BCUT2D eigenvalue weighted by Gasteiger charge is 2.23. The Morgan fingerprint density at radius 2 is 2.11 bits per heavy atom. The monoisotopic (exact) mass is 267 g/mol. The largest absolute Gasteiger partial charge is 0.355 e. The molecule has 1 aliphatic rings. The molecule has 1 fully saturated rings. The summed E-state index contributed by atoms with van der Waals surface area (Å²) in [5.74, 6) is 2.52. The Kier molecular flexibility index (Phi) is 4.46. The molecule has 4 heteroatoms. The van der Waals surface area contributed by atoms with Crippen LogP contribution in [0.5, 0.6) is 0 Å². The second-order valence-corrected chi connectivity index (χ2v) is 5.83. The van der Waals surface area contributed by atoms with E-state index < -0.39 is 0 Å². The van der Waals surface area contributed by atoms with Gasteiger partial charge in [-0.05, 0) is 36.3 Å². The highest BCUT2D eigenvalue weighted by atomic mass is 35.5. The number of halogens is 1. The molecule has 0 aliphatic carbocycles. The number of nitrogens with zero attached hydrogens (tertiary/aromatic N) is 2. The Morgan fingerprint density at radius 1 is 1.44 bits per heavy atom. The molecule has 18 heavy (non-hydrogen) atoms. The van der Waals surface area contributed by atoms with Gasteiger partial charge >= 0.3 is 0 Å². The molecule has 0 atom stereocenters. The predicted molar refractivity (Wildman–Crippen MR) is 76.9 cm³/mol. The van der Waals surface area contributed by atoms with E-state index in [-0.39, 0.29) is 0 Å². The van der Waals surface area contributed by atoms with Crippen molar-refractivity contribution >= 4 is 17.4 Å². The van der Waals surface area contributed by atoms with Crippen molar-refractivity contribution in [3.8, 4) is 0 Å². The Balaban J connectivity index is 2.05. The lowest BCUT2D eigenvalue weighted by atomic mass is 9.87. The third kappa shape index (κ3) is 2.96. The summed E-state index contributed by atoms with van der Waals surface area (Å²) in [5.41, 5.74) is 6.57. The van der Waals surface area contributed by atoms with Crippen molar-refractivity contribution in [3.63, 3.8) is 0 Å². The van der Waals surface area contributed by atoms with E-state index in [1.807, 2.05) is 12.3 Å². The molecule has 100 valence electrons. The van der Waals surface area contributed by atoms with Crippen LogP contribution in [-0.4, -0.2) is 18.1 Å². The third-order valence-electron chi connectivity index (χ3n) is 3.90. The van der Waals surface area contributed by atoms with Crippen molar-refractivity contribution in [2.24, 2.45) is 17.6 Å². The minimum Gasteiger partial charge on any atom is -0.355 e. The van der Waals surface area contributed by atoms with Gasteiger partial charge in [0.25, 0.3) is 0 Å². The molecule has 0 spiro atoms. The Labute approximate surface area is 114 Å². The summed E-state index contributed by atoms with van der Waals surface area (Å²) in [4.78, 5) is 6.75. The summed E-state index contributed by atoms with van der Waals surface area (Å²) in [6.07, 6.45) is 4.29. The molecule has 2 rings (SSSR count). The van der Waals surface area contributed by atoms with E-state index in [1.165, 1.54) is 12.8 Å². The minimum absolute atomic E-state index is 0.489. The van der Waals surface area contributed by atoms with Gasteiger partial charge in [-0.2, -0.15) is 0 Å². The van der Waals surface area contributed by atoms with E-state index in [2.05, 4.69) is 23.7 Å². The van der Waals surface area contributed by atoms with Gasteiger partial charge in [0, 0.05) is 25.8 Å². The smallest absolute Gasteiger partial charge is 0.147 e. The molecule has 3 nitrogen and oxygen atoms in total. The van der Waals surface area contributed by atoms with Crippen molar-refractivity contribution in [1.29, 1.82) is 0 Å². The van der Waals surface area contributed by atoms with Gasteiger partial charge in [-0.1, -0.05) is 25.4 Å². The quantitative estimate of drug-likeness (QED) is 0.915. The van der Waals surface area contributed by atoms with Crippen LogP contribution >= 0.6 is 11.6 Å². The van der Waals surface area contributed by atoms with Crippen LogP contribution in [0.4, 0.5) is 5.82 Å². The summed E-state index contributed by atoms with van der Waals surface area (Å²) >= 11 is 6.28. The molecule has 1 aliphatic heterocycles. The summed E-state index contributed by atoms with van der Waals surface area (Å²) in [5, 5.41) is 0.723. The highest BCUT2D eigenvalue weighted by Crippen LogP contribution is 2.30. The van der Waals surface area contributed by atoms with E-state index >= 15 is 0 Å². The Hall–Kier alpha value is -0.800. The van der Waals surface area contributed by atoms with Gasteiger partial charge in [-0.25, -0.2) is 4.98 Å². The fourth-order valence-electron chi connectivity index (χ4n) is 2.59. The van der Waals surface area contributed by atoms with Crippen LogP contribution in [0.2, 0.25) is 5.02 Å². The summed E-state index contributed by atoms with van der Waals surface area (Å²) in [6.45, 7) is 7.21. The van der Waals surface area contributed by atoms with Gasteiger partial charge in [-0.3, -0.25) is 0 Å². The first-order valence-corrected chi connectivity index (χ1v) is 7.09. The Bertz CT molecular complexity index is 398. The lowest BCUT2D eigenvalue weighted by Crippen LogP contribution is -2.35. The maximum atomic E-state index is 6.28. The number of piperidine rings is 1. The number of hydrogen-bond acceptors (Lipinski definition) is 3. The van der Waals surface area contributed by atoms with Crippen LogP contribution < -0.4 is 10.6 Å². The van der Waals surface area contributed by atoms with Crippen LogP contribution in [0.15, 0.2) is 12.3 Å². The van der Waals surface area contributed by atoms with Crippen molar-refractivity contribution in [2.75, 3.05) is 18.0 Å². The third-order valence-corrected chi connectivity index (χ3v) is 4.17. The highest BCUT2D eigenvalue weighted by molar-refractivity contribution is 6.33. The molecule has 0 amide bonds. The molecule has 2 heterocycles. The van der Waals surface area contributed by atoms with Crippen molar-refractivity contribution in [3.05, 3.63) is 22.8 Å². The predicted octanol–water partition coefficient (Wildman–Crippen LogP) is 3.07. The number of rotatable bonds is 3. The molecular weight excluding hydrogens is 246 g/mol. The molecule has 0 saturated carbocycles. The second kappa shape index (κ2) is 5.89. The SMILES string of the molecule is CC(C)C1CCN(c2ncc(CN)cc2Cl)CC1. The molecule has 2 N–H and O–H groups in total. The van der Waals surface area contributed by atoms with E-state index in [1.54, 1.807) is 0 Å². The van der Waals surface area contributed by atoms with Crippen LogP contribution in [-0.2, 0) is 6.54 Å². The van der Waals surface area contributed by atoms with Gasteiger partial charge in [0.2, 0.25) is 0 Å². The van der Waals surface area contributed by atoms with Crippen molar-refractivity contribution < 1.29 is 0 Å². The molecule has 0 aromatic carbocycles. The zero-order valence-electron chi connectivity index (χ0n) is 11.2. The fourth-order valence-corrected chi connectivity index (χ4v) is 2.90.